The van der Waals surface area contributed by atoms with Crippen molar-refractivity contribution in [2.45, 2.75) is 44.9 Å². The first kappa shape index (κ1) is 32.2. The third-order valence-corrected chi connectivity index (χ3v) is 8.52. The van der Waals surface area contributed by atoms with Gasteiger partial charge in [0.2, 0.25) is 5.69 Å². The molecule has 2 aliphatic rings. The first-order chi connectivity index (χ1) is 17.6. The Labute approximate surface area is 272 Å². The van der Waals surface area contributed by atoms with E-state index in [1.807, 2.05) is 73.6 Å². The Hall–Kier alpha value is -1.29. The van der Waals surface area contributed by atoms with Crippen LogP contribution in [0.4, 0.5) is 11.4 Å². The van der Waals surface area contributed by atoms with Crippen LogP contribution < -0.4 is 56.3 Å². The normalized spacial score (nSPS) is 18.9. The number of hydrogen-bond acceptors (Lipinski definition) is 9. The van der Waals surface area contributed by atoms with Gasteiger partial charge in [0, 0.05) is 54.4 Å². The molecule has 0 saturated carbocycles. The van der Waals surface area contributed by atoms with Gasteiger partial charge in [0.1, 0.15) is 12.2 Å². The molecule has 2 aliphatic heterocycles. The summed E-state index contributed by atoms with van der Waals surface area (Å²) in [5.74, 6) is -1.00. The Morgan fingerprint density at radius 1 is 0.923 bits per heavy atom. The third kappa shape index (κ3) is 6.96. The van der Waals surface area contributed by atoms with Crippen LogP contribution in [0.2, 0.25) is 0 Å². The van der Waals surface area contributed by atoms with E-state index in [4.69, 9.17) is 0 Å². The maximum absolute atomic E-state index is 11.4. The molecule has 0 atom stereocenters. The Bertz CT molecular complexity index is 1560. The second-order valence-electron chi connectivity index (χ2n) is 10.5. The topological polar surface area (TPSA) is 146 Å². The van der Waals surface area contributed by atoms with Crippen LogP contribution in [-0.4, -0.2) is 70.8 Å². The molecule has 10 nitrogen and oxygen atoms in total. The van der Waals surface area contributed by atoms with E-state index < -0.39 is 42.6 Å². The first-order valence-electron chi connectivity index (χ1n) is 12.2. The number of rotatable bonds is 9. The summed E-state index contributed by atoms with van der Waals surface area (Å²) in [5.41, 5.74) is 3.88. The molecule has 4 rings (SSSR count). The molecule has 204 valence electrons. The van der Waals surface area contributed by atoms with Gasteiger partial charge in [0.15, 0.2) is 5.71 Å². The van der Waals surface area contributed by atoms with Crippen molar-refractivity contribution in [1.29, 1.82) is 0 Å². The van der Waals surface area contributed by atoms with Crippen molar-refractivity contribution in [3.63, 3.8) is 0 Å². The zero-order valence-corrected chi connectivity index (χ0v) is 27.5. The summed E-state index contributed by atoms with van der Waals surface area (Å²) in [6.45, 7) is 8.37. The summed E-state index contributed by atoms with van der Waals surface area (Å²) in [4.78, 5) is 10.9. The largest absolute Gasteiger partial charge is 1.00 e. The molecule has 0 spiro atoms. The maximum Gasteiger partial charge on any atom is 1.00 e. The number of pyridine rings is 2. The van der Waals surface area contributed by atoms with Crippen LogP contribution in [0.3, 0.4) is 0 Å². The SMILES string of the molecule is CC1(C)C(/C=C\C=C2/N(CCS(=O)(=O)[O-])c3cccnc3C2(C)C)=[N+](CCCS(=O)(=O)[O-])c2cccnc21.[K+]. The predicted octanol–water partition coefficient (Wildman–Crippen LogP) is -0.425. The Kier molecular flexibility index (Phi) is 9.83. The molecule has 0 N–H and O–H groups in total. The van der Waals surface area contributed by atoms with Crippen LogP contribution in [0.25, 0.3) is 0 Å². The molecule has 0 aliphatic carbocycles. The second-order valence-corrected chi connectivity index (χ2v) is 13.5. The van der Waals surface area contributed by atoms with E-state index in [1.165, 1.54) is 0 Å². The molecule has 0 radical (unpaired) electrons. The fraction of sp³-hybridized carbons (Fsp3) is 0.423. The summed E-state index contributed by atoms with van der Waals surface area (Å²) < 4.78 is 69.8. The van der Waals surface area contributed by atoms with Crippen molar-refractivity contribution < 1.29 is 81.9 Å². The summed E-state index contributed by atoms with van der Waals surface area (Å²) in [6.07, 6.45) is 9.24. The van der Waals surface area contributed by atoms with Gasteiger partial charge in [-0.1, -0.05) is 6.08 Å². The number of aromatic nitrogens is 2. The summed E-state index contributed by atoms with van der Waals surface area (Å²) in [5, 5.41) is 0. The third-order valence-electron chi connectivity index (χ3n) is 7.05. The molecule has 0 bridgehead atoms. The van der Waals surface area contributed by atoms with Gasteiger partial charge in [-0.3, -0.25) is 9.97 Å². The van der Waals surface area contributed by atoms with Crippen LogP contribution >= 0.6 is 0 Å². The molecule has 2 aromatic heterocycles. The van der Waals surface area contributed by atoms with E-state index in [2.05, 4.69) is 9.97 Å². The Balaban J connectivity index is 0.00000420. The van der Waals surface area contributed by atoms with Gasteiger partial charge in [-0.2, -0.15) is 4.58 Å². The van der Waals surface area contributed by atoms with E-state index in [0.29, 0.717) is 6.54 Å². The molecule has 0 saturated heterocycles. The van der Waals surface area contributed by atoms with Crippen molar-refractivity contribution in [3.8, 4) is 0 Å². The molecule has 13 heteroatoms. The van der Waals surface area contributed by atoms with Crippen molar-refractivity contribution in [3.05, 3.63) is 72.0 Å². The minimum absolute atomic E-state index is 0. The van der Waals surface area contributed by atoms with Crippen molar-refractivity contribution in [2.75, 3.05) is 29.5 Å². The van der Waals surface area contributed by atoms with Crippen molar-refractivity contribution in [1.82, 2.24) is 9.97 Å². The average Bonchev–Trinajstić information content (AvgIpc) is 3.16. The van der Waals surface area contributed by atoms with Crippen molar-refractivity contribution >= 4 is 37.3 Å². The molecule has 2 aromatic rings. The van der Waals surface area contributed by atoms with Gasteiger partial charge in [-0.05, 0) is 52.0 Å². The van der Waals surface area contributed by atoms with Gasteiger partial charge in [-0.15, -0.1) is 0 Å². The number of nitrogens with zero attached hydrogens (tertiary/aromatic N) is 4. The summed E-state index contributed by atoms with van der Waals surface area (Å²) >= 11 is 0. The Morgan fingerprint density at radius 3 is 2.18 bits per heavy atom. The zero-order chi connectivity index (χ0) is 27.9. The van der Waals surface area contributed by atoms with Gasteiger partial charge < -0.3 is 14.0 Å². The maximum atomic E-state index is 11.4. The molecule has 0 aromatic carbocycles. The van der Waals surface area contributed by atoms with Crippen LogP contribution in [0.1, 0.15) is 45.5 Å². The first-order valence-corrected chi connectivity index (χ1v) is 15.4. The number of anilines is 1. The second kappa shape index (κ2) is 11.9. The minimum atomic E-state index is -4.42. The summed E-state index contributed by atoms with van der Waals surface area (Å²) in [7, 11) is -8.76. The number of allylic oxidation sites excluding steroid dienone is 4. The fourth-order valence-electron chi connectivity index (χ4n) is 5.28. The van der Waals surface area contributed by atoms with Gasteiger partial charge in [-0.25, -0.2) is 16.8 Å². The van der Waals surface area contributed by atoms with E-state index in [1.54, 1.807) is 18.5 Å². The van der Waals surface area contributed by atoms with Crippen LogP contribution in [0, 0.1) is 0 Å². The molecule has 0 unspecified atom stereocenters. The van der Waals surface area contributed by atoms with Crippen molar-refractivity contribution in [2.24, 2.45) is 0 Å². The Morgan fingerprint density at radius 2 is 1.54 bits per heavy atom. The van der Waals surface area contributed by atoms with E-state index in [-0.39, 0.29) is 64.4 Å². The monoisotopic (exact) mass is 598 g/mol. The van der Waals surface area contributed by atoms with E-state index >= 15 is 0 Å². The van der Waals surface area contributed by atoms with Gasteiger partial charge in [0.25, 0.3) is 0 Å². The number of hydrogen-bond donors (Lipinski definition) is 0. The minimum Gasteiger partial charge on any atom is -0.748 e. The summed E-state index contributed by atoms with van der Waals surface area (Å²) in [6, 6.07) is 7.36. The van der Waals surface area contributed by atoms with Crippen LogP contribution in [0.15, 0.2) is 60.6 Å². The predicted molar refractivity (Wildman–Crippen MR) is 143 cm³/mol. The van der Waals surface area contributed by atoms with Crippen LogP contribution in [-0.2, 0) is 31.1 Å². The smallest absolute Gasteiger partial charge is 0.748 e. The van der Waals surface area contributed by atoms with E-state index in [9.17, 15) is 25.9 Å². The standard InChI is InChI=1S/C26H32N4O6S2.K/c1-25(2)21(29(15-8-17-37(31,32)33)19-9-6-13-27-23(19)25)11-5-12-22-26(3,4)24-20(10-7-14-28-24)30(22)16-18-38(34,35)36;/h5-7,9-14H,8,15-18H2,1-4H3,(H-,31,32,33,34,35,36);/q;+1/p-1. The molecule has 4 heterocycles. The fourth-order valence-corrected chi connectivity index (χ4v) is 6.17. The molecule has 39 heavy (non-hydrogen) atoms. The number of fused-ring (bicyclic) bond motifs is 2. The molecular weight excluding hydrogens is 568 g/mol. The average molecular weight is 599 g/mol. The van der Waals surface area contributed by atoms with Gasteiger partial charge >= 0.3 is 51.4 Å². The quantitative estimate of drug-likeness (QED) is 0.213. The molecular formula is C26H31KN4O6S2. The molecule has 0 fully saturated rings. The van der Waals surface area contributed by atoms with Gasteiger partial charge in [0.05, 0.1) is 42.8 Å². The zero-order valence-electron chi connectivity index (χ0n) is 22.8. The molecule has 0 amide bonds. The van der Waals surface area contributed by atoms with Crippen LogP contribution in [0.5, 0.6) is 0 Å². The van der Waals surface area contributed by atoms with E-state index in [0.717, 1.165) is 34.2 Å².